The highest BCUT2D eigenvalue weighted by Crippen LogP contribution is 2.34. The lowest BCUT2D eigenvalue weighted by molar-refractivity contribution is -0.0258. The second-order valence-corrected chi connectivity index (χ2v) is 9.06. The zero-order valence-electron chi connectivity index (χ0n) is 18.3. The molecular formula is C23H39N3O. The molecule has 0 N–H and O–H groups in total. The molecule has 4 heteroatoms. The molecule has 2 aliphatic rings. The molecule has 152 valence electrons. The summed E-state index contributed by atoms with van der Waals surface area (Å²) in [6.07, 6.45) is 2.58. The van der Waals surface area contributed by atoms with Crippen molar-refractivity contribution in [3.05, 3.63) is 28.8 Å². The van der Waals surface area contributed by atoms with Gasteiger partial charge in [0.05, 0.1) is 6.61 Å². The molecule has 3 rings (SSSR count). The molecule has 2 saturated heterocycles. The fourth-order valence-electron chi connectivity index (χ4n) is 4.74. The summed E-state index contributed by atoms with van der Waals surface area (Å²) in [6, 6.07) is 4.67. The van der Waals surface area contributed by atoms with E-state index in [2.05, 4.69) is 68.6 Å². The third kappa shape index (κ3) is 4.49. The number of benzene rings is 1. The van der Waals surface area contributed by atoms with Gasteiger partial charge in [0.25, 0.3) is 0 Å². The predicted molar refractivity (Wildman–Crippen MR) is 114 cm³/mol. The summed E-state index contributed by atoms with van der Waals surface area (Å²) in [7, 11) is 4.59. The van der Waals surface area contributed by atoms with Crippen LogP contribution in [0.25, 0.3) is 0 Å². The highest BCUT2D eigenvalue weighted by atomic mass is 16.5. The largest absolute Gasteiger partial charge is 0.494 e. The van der Waals surface area contributed by atoms with Crippen LogP contribution < -0.4 is 4.74 Å². The first kappa shape index (κ1) is 20.6. The lowest BCUT2D eigenvalue weighted by atomic mass is 9.83. The molecule has 0 aliphatic carbocycles. The van der Waals surface area contributed by atoms with Crippen LogP contribution >= 0.6 is 0 Å². The smallest absolute Gasteiger partial charge is 0.123 e. The minimum atomic E-state index is 0.366. The first-order chi connectivity index (χ1) is 12.8. The van der Waals surface area contributed by atoms with E-state index < -0.39 is 0 Å². The van der Waals surface area contributed by atoms with Crippen molar-refractivity contribution in [2.24, 2.45) is 0 Å². The number of likely N-dealkylation sites (tertiary alicyclic amines) is 1. The Bertz CT molecular complexity index is 635. The number of likely N-dealkylation sites (N-methyl/N-ethyl adjacent to an activating group) is 1. The van der Waals surface area contributed by atoms with Gasteiger partial charge in [-0.05, 0) is 82.5 Å². The highest BCUT2D eigenvalue weighted by molar-refractivity contribution is 5.44. The van der Waals surface area contributed by atoms with Gasteiger partial charge in [-0.25, -0.2) is 0 Å². The normalized spacial score (nSPS) is 21.9. The lowest BCUT2D eigenvalue weighted by Gasteiger charge is -2.53. The molecule has 0 saturated carbocycles. The van der Waals surface area contributed by atoms with Crippen molar-refractivity contribution < 1.29 is 4.74 Å². The maximum absolute atomic E-state index is 5.91. The Labute approximate surface area is 166 Å². The van der Waals surface area contributed by atoms with Crippen LogP contribution in [0.2, 0.25) is 0 Å². The van der Waals surface area contributed by atoms with Crippen LogP contribution in [-0.4, -0.2) is 73.7 Å². The summed E-state index contributed by atoms with van der Waals surface area (Å²) >= 11 is 0. The number of nitrogens with zero attached hydrogens (tertiary/aromatic N) is 3. The van der Waals surface area contributed by atoms with Gasteiger partial charge in [-0.3, -0.25) is 9.80 Å². The van der Waals surface area contributed by atoms with Gasteiger partial charge in [-0.15, -0.1) is 0 Å². The minimum absolute atomic E-state index is 0.366. The van der Waals surface area contributed by atoms with Crippen LogP contribution in [0.1, 0.15) is 56.2 Å². The summed E-state index contributed by atoms with van der Waals surface area (Å²) in [4.78, 5) is 7.81. The third-order valence-electron chi connectivity index (χ3n) is 6.78. The molecule has 2 heterocycles. The van der Waals surface area contributed by atoms with E-state index in [0.717, 1.165) is 25.4 Å². The van der Waals surface area contributed by atoms with Crippen molar-refractivity contribution in [2.45, 2.75) is 58.5 Å². The summed E-state index contributed by atoms with van der Waals surface area (Å²) < 4.78 is 5.91. The van der Waals surface area contributed by atoms with E-state index in [1.807, 2.05) is 0 Å². The van der Waals surface area contributed by atoms with Gasteiger partial charge in [0.1, 0.15) is 5.75 Å². The Balaban J connectivity index is 1.77. The van der Waals surface area contributed by atoms with Crippen LogP contribution in [0.5, 0.6) is 5.75 Å². The monoisotopic (exact) mass is 373 g/mol. The molecule has 0 aromatic heterocycles. The third-order valence-corrected chi connectivity index (χ3v) is 6.78. The number of hydrogen-bond acceptors (Lipinski definition) is 4. The summed E-state index contributed by atoms with van der Waals surface area (Å²) in [5, 5.41) is 0. The van der Waals surface area contributed by atoms with Crippen molar-refractivity contribution in [3.8, 4) is 5.75 Å². The Morgan fingerprint density at radius 3 is 2.41 bits per heavy atom. The molecule has 1 aromatic rings. The molecule has 1 aromatic carbocycles. The van der Waals surface area contributed by atoms with Gasteiger partial charge in [-0.2, -0.15) is 0 Å². The van der Waals surface area contributed by atoms with Crippen molar-refractivity contribution in [1.29, 1.82) is 0 Å². The standard InChI is InChI=1S/C23H39N3O/c1-7-27-22-14-19(4)20(15-21(22)18(2)3)16-26-13-12-25(6)23(17-26)8-10-24(5)11-9-23/h14-15,18H,7-13,16-17H2,1-6H3. The highest BCUT2D eigenvalue weighted by Gasteiger charge is 2.41. The van der Waals surface area contributed by atoms with Crippen molar-refractivity contribution in [3.63, 3.8) is 0 Å². The molecule has 2 fully saturated rings. The first-order valence-electron chi connectivity index (χ1n) is 10.7. The number of piperidine rings is 1. The second-order valence-electron chi connectivity index (χ2n) is 9.06. The molecule has 0 bridgehead atoms. The van der Waals surface area contributed by atoms with E-state index in [0.29, 0.717) is 11.5 Å². The average molecular weight is 374 g/mol. The van der Waals surface area contributed by atoms with Crippen molar-refractivity contribution >= 4 is 0 Å². The van der Waals surface area contributed by atoms with E-state index in [1.165, 1.54) is 55.7 Å². The molecule has 0 atom stereocenters. The summed E-state index contributed by atoms with van der Waals surface area (Å²) in [5.74, 6) is 1.55. The number of piperazine rings is 1. The number of aryl methyl sites for hydroxylation is 1. The molecule has 4 nitrogen and oxygen atoms in total. The van der Waals surface area contributed by atoms with Crippen LogP contribution in [0.15, 0.2) is 12.1 Å². The Morgan fingerprint density at radius 2 is 1.78 bits per heavy atom. The first-order valence-corrected chi connectivity index (χ1v) is 10.7. The maximum Gasteiger partial charge on any atom is 0.123 e. The molecular weight excluding hydrogens is 334 g/mol. The van der Waals surface area contributed by atoms with E-state index in [9.17, 15) is 0 Å². The van der Waals surface area contributed by atoms with Gasteiger partial charge in [-0.1, -0.05) is 19.9 Å². The van der Waals surface area contributed by atoms with Gasteiger partial charge in [0, 0.05) is 31.7 Å². The predicted octanol–water partition coefficient (Wildman–Crippen LogP) is 3.73. The van der Waals surface area contributed by atoms with Crippen LogP contribution in [0.3, 0.4) is 0 Å². The lowest BCUT2D eigenvalue weighted by Crippen LogP contribution is -2.63. The Hall–Kier alpha value is -1.10. The van der Waals surface area contributed by atoms with Crippen molar-refractivity contribution in [1.82, 2.24) is 14.7 Å². The van der Waals surface area contributed by atoms with Crippen LogP contribution in [0.4, 0.5) is 0 Å². The molecule has 0 amide bonds. The summed E-state index contributed by atoms with van der Waals surface area (Å²) in [6.45, 7) is 16.6. The second kappa shape index (κ2) is 8.50. The van der Waals surface area contributed by atoms with Gasteiger partial charge in [0.15, 0.2) is 0 Å². The average Bonchev–Trinajstić information content (AvgIpc) is 2.63. The molecule has 0 radical (unpaired) electrons. The van der Waals surface area contributed by atoms with E-state index in [4.69, 9.17) is 4.74 Å². The molecule has 0 unspecified atom stereocenters. The van der Waals surface area contributed by atoms with E-state index in [-0.39, 0.29) is 0 Å². The SMILES string of the molecule is CCOc1cc(C)c(CN2CCN(C)C3(CCN(C)CC3)C2)cc1C(C)C. The fraction of sp³-hybridized carbons (Fsp3) is 0.739. The van der Waals surface area contributed by atoms with Gasteiger partial charge in [0.2, 0.25) is 0 Å². The number of rotatable bonds is 5. The van der Waals surface area contributed by atoms with Crippen molar-refractivity contribution in [2.75, 3.05) is 53.4 Å². The molecule has 1 spiro atoms. The topological polar surface area (TPSA) is 19.0 Å². The zero-order valence-corrected chi connectivity index (χ0v) is 18.3. The molecule has 27 heavy (non-hydrogen) atoms. The zero-order chi connectivity index (χ0) is 19.6. The van der Waals surface area contributed by atoms with E-state index in [1.54, 1.807) is 0 Å². The quantitative estimate of drug-likeness (QED) is 0.783. The number of ether oxygens (including phenoxy) is 1. The minimum Gasteiger partial charge on any atom is -0.494 e. The van der Waals surface area contributed by atoms with E-state index >= 15 is 0 Å². The molecule has 2 aliphatic heterocycles. The Kier molecular flexibility index (Phi) is 6.50. The van der Waals surface area contributed by atoms with Gasteiger partial charge >= 0.3 is 0 Å². The van der Waals surface area contributed by atoms with Crippen LogP contribution in [-0.2, 0) is 6.54 Å². The maximum atomic E-state index is 5.91. The Morgan fingerprint density at radius 1 is 1.07 bits per heavy atom. The summed E-state index contributed by atoms with van der Waals surface area (Å²) in [5.41, 5.74) is 4.54. The fourth-order valence-corrected chi connectivity index (χ4v) is 4.74. The number of hydrogen-bond donors (Lipinski definition) is 0. The van der Waals surface area contributed by atoms with Gasteiger partial charge < -0.3 is 9.64 Å². The van der Waals surface area contributed by atoms with Crippen LogP contribution in [0, 0.1) is 6.92 Å².